The van der Waals surface area contributed by atoms with Crippen LogP contribution < -0.4 is 0 Å². The van der Waals surface area contributed by atoms with E-state index in [-0.39, 0.29) is 25.6 Å². The first kappa shape index (κ1) is 16.4. The molecular weight excluding hydrogens is 273 g/mol. The molecule has 2 N–H and O–H groups in total. The summed E-state index contributed by atoms with van der Waals surface area (Å²) >= 11 is 0. The number of nitrogens with zero attached hydrogens (tertiary/aromatic N) is 1. The Labute approximate surface area is 125 Å². The maximum atomic E-state index is 13.4. The predicted molar refractivity (Wildman–Crippen MR) is 78.3 cm³/mol. The Bertz CT molecular complexity index is 422. The van der Waals surface area contributed by atoms with Gasteiger partial charge in [0.05, 0.1) is 19.3 Å². The van der Waals surface area contributed by atoms with Gasteiger partial charge in [-0.15, -0.1) is 0 Å². The van der Waals surface area contributed by atoms with Crippen LogP contribution >= 0.6 is 0 Å². The minimum absolute atomic E-state index is 0.177. The maximum Gasteiger partial charge on any atom is 0.128 e. The second kappa shape index (κ2) is 8.44. The highest BCUT2D eigenvalue weighted by Crippen LogP contribution is 2.16. The van der Waals surface area contributed by atoms with Gasteiger partial charge < -0.3 is 19.8 Å². The van der Waals surface area contributed by atoms with Crippen molar-refractivity contribution >= 4 is 0 Å². The third-order valence-electron chi connectivity index (χ3n) is 3.96. The molecule has 0 radical (unpaired) electrons. The topological polar surface area (TPSA) is 52.9 Å². The molecule has 1 heterocycles. The summed E-state index contributed by atoms with van der Waals surface area (Å²) in [5.41, 5.74) is 0.508. The smallest absolute Gasteiger partial charge is 0.128 e. The molecule has 0 spiro atoms. The summed E-state index contributed by atoms with van der Waals surface area (Å²) in [7, 11) is 0. The van der Waals surface area contributed by atoms with Gasteiger partial charge in [0.1, 0.15) is 5.82 Å². The van der Waals surface area contributed by atoms with Crippen molar-refractivity contribution in [1.82, 2.24) is 4.90 Å². The van der Waals surface area contributed by atoms with Crippen LogP contribution in [0.15, 0.2) is 24.3 Å². The molecule has 4 nitrogen and oxygen atoms in total. The number of hydrogen-bond donors (Lipinski definition) is 2. The molecule has 0 amide bonds. The van der Waals surface area contributed by atoms with E-state index in [2.05, 4.69) is 4.90 Å². The van der Waals surface area contributed by atoms with Crippen LogP contribution in [-0.2, 0) is 11.3 Å². The first-order valence-electron chi connectivity index (χ1n) is 7.51. The van der Waals surface area contributed by atoms with E-state index < -0.39 is 6.10 Å². The molecule has 0 aliphatic carbocycles. The average Bonchev–Trinajstić information content (AvgIpc) is 2.50. The minimum atomic E-state index is -0.567. The van der Waals surface area contributed by atoms with Crippen LogP contribution in [-0.4, -0.2) is 54.1 Å². The highest BCUT2D eigenvalue weighted by molar-refractivity contribution is 5.16. The van der Waals surface area contributed by atoms with Crippen molar-refractivity contribution in [1.29, 1.82) is 0 Å². The summed E-state index contributed by atoms with van der Waals surface area (Å²) in [6.07, 6.45) is 1.38. The van der Waals surface area contributed by atoms with Gasteiger partial charge in [-0.3, -0.25) is 0 Å². The second-order valence-corrected chi connectivity index (χ2v) is 5.69. The van der Waals surface area contributed by atoms with Gasteiger partial charge in [-0.25, -0.2) is 4.39 Å². The molecule has 1 atom stereocenters. The Kier molecular flexibility index (Phi) is 6.57. The summed E-state index contributed by atoms with van der Waals surface area (Å²) in [6.45, 7) is 2.99. The SMILES string of the molecule is OCC1CCN(CC(O)COCc2ccccc2F)CC1. The minimum Gasteiger partial charge on any atom is -0.396 e. The molecule has 1 aromatic rings. The van der Waals surface area contributed by atoms with E-state index in [4.69, 9.17) is 9.84 Å². The van der Waals surface area contributed by atoms with E-state index in [9.17, 15) is 9.50 Å². The van der Waals surface area contributed by atoms with Crippen molar-refractivity contribution in [3.63, 3.8) is 0 Å². The van der Waals surface area contributed by atoms with Crippen molar-refractivity contribution in [2.45, 2.75) is 25.6 Å². The van der Waals surface area contributed by atoms with Gasteiger partial charge in [-0.05, 0) is 37.9 Å². The first-order valence-corrected chi connectivity index (χ1v) is 7.51. The van der Waals surface area contributed by atoms with Gasteiger partial charge >= 0.3 is 0 Å². The lowest BCUT2D eigenvalue weighted by atomic mass is 9.98. The van der Waals surface area contributed by atoms with Crippen LogP contribution in [0.4, 0.5) is 4.39 Å². The number of aliphatic hydroxyl groups is 2. The molecule has 1 saturated heterocycles. The van der Waals surface area contributed by atoms with Crippen LogP contribution in [0.3, 0.4) is 0 Å². The summed E-state index contributed by atoms with van der Waals surface area (Å²) < 4.78 is 18.8. The lowest BCUT2D eigenvalue weighted by Crippen LogP contribution is -2.40. The number of benzene rings is 1. The number of ether oxygens (including phenoxy) is 1. The van der Waals surface area contributed by atoms with E-state index in [0.717, 1.165) is 25.9 Å². The highest BCUT2D eigenvalue weighted by atomic mass is 19.1. The molecule has 1 aromatic carbocycles. The summed E-state index contributed by atoms with van der Waals surface area (Å²) in [4.78, 5) is 2.18. The quantitative estimate of drug-likeness (QED) is 0.799. The van der Waals surface area contributed by atoms with Crippen LogP contribution in [0.5, 0.6) is 0 Å². The molecule has 21 heavy (non-hydrogen) atoms. The third kappa shape index (κ3) is 5.36. The highest BCUT2D eigenvalue weighted by Gasteiger charge is 2.20. The molecule has 0 bridgehead atoms. The number of halogens is 1. The van der Waals surface area contributed by atoms with E-state index >= 15 is 0 Å². The van der Waals surface area contributed by atoms with E-state index in [1.54, 1.807) is 18.2 Å². The molecule has 1 aliphatic heterocycles. The number of rotatable bonds is 7. The maximum absolute atomic E-state index is 13.4. The molecule has 1 fully saturated rings. The molecule has 1 unspecified atom stereocenters. The van der Waals surface area contributed by atoms with Gasteiger partial charge in [0.15, 0.2) is 0 Å². The first-order chi connectivity index (χ1) is 10.2. The molecule has 0 saturated carbocycles. The van der Waals surface area contributed by atoms with Gasteiger partial charge in [-0.1, -0.05) is 18.2 Å². The second-order valence-electron chi connectivity index (χ2n) is 5.69. The van der Waals surface area contributed by atoms with Crippen LogP contribution in [0.25, 0.3) is 0 Å². The van der Waals surface area contributed by atoms with Gasteiger partial charge in [0, 0.05) is 18.7 Å². The molecule has 118 valence electrons. The fraction of sp³-hybridized carbons (Fsp3) is 0.625. The molecule has 5 heteroatoms. The van der Waals surface area contributed by atoms with E-state index in [0.29, 0.717) is 18.0 Å². The zero-order valence-electron chi connectivity index (χ0n) is 12.2. The van der Waals surface area contributed by atoms with Crippen LogP contribution in [0.1, 0.15) is 18.4 Å². The Morgan fingerprint density at radius 3 is 2.67 bits per heavy atom. The Hall–Kier alpha value is -1.01. The van der Waals surface area contributed by atoms with Gasteiger partial charge in [0.2, 0.25) is 0 Å². The van der Waals surface area contributed by atoms with Crippen molar-refractivity contribution in [2.75, 3.05) is 32.8 Å². The number of β-amino-alcohol motifs (C(OH)–C–C–N with tert-alkyl or cyclic N) is 1. The Morgan fingerprint density at radius 1 is 1.29 bits per heavy atom. The normalized spacial score (nSPS) is 18.8. The van der Waals surface area contributed by atoms with E-state index in [1.807, 2.05) is 0 Å². The summed E-state index contributed by atoms with van der Waals surface area (Å²) in [6, 6.07) is 6.50. The number of hydrogen-bond acceptors (Lipinski definition) is 4. The lowest BCUT2D eigenvalue weighted by molar-refractivity contribution is 0.00201. The third-order valence-corrected chi connectivity index (χ3v) is 3.96. The van der Waals surface area contributed by atoms with Crippen LogP contribution in [0, 0.1) is 11.7 Å². The summed E-state index contributed by atoms with van der Waals surface area (Å²) in [5, 5.41) is 19.0. The largest absolute Gasteiger partial charge is 0.396 e. The monoisotopic (exact) mass is 297 g/mol. The van der Waals surface area contributed by atoms with Gasteiger partial charge in [-0.2, -0.15) is 0 Å². The number of likely N-dealkylation sites (tertiary alicyclic amines) is 1. The summed E-state index contributed by atoms with van der Waals surface area (Å²) in [5.74, 6) is 0.119. The fourth-order valence-corrected chi connectivity index (χ4v) is 2.62. The van der Waals surface area contributed by atoms with Crippen molar-refractivity contribution in [2.24, 2.45) is 5.92 Å². The predicted octanol–water partition coefficient (Wildman–Crippen LogP) is 1.41. The molecule has 1 aliphatic rings. The van der Waals surface area contributed by atoms with Crippen molar-refractivity contribution in [3.05, 3.63) is 35.6 Å². The van der Waals surface area contributed by atoms with Crippen LogP contribution in [0.2, 0.25) is 0 Å². The standard InChI is InChI=1S/C16H24FNO3/c17-16-4-2-1-3-14(16)11-21-12-15(20)9-18-7-5-13(10-19)6-8-18/h1-4,13,15,19-20H,5-12H2. The number of aliphatic hydroxyl groups excluding tert-OH is 2. The average molecular weight is 297 g/mol. The Morgan fingerprint density at radius 2 is 2.00 bits per heavy atom. The zero-order chi connectivity index (χ0) is 15.1. The van der Waals surface area contributed by atoms with E-state index in [1.165, 1.54) is 6.07 Å². The van der Waals surface area contributed by atoms with Gasteiger partial charge in [0.25, 0.3) is 0 Å². The molecule has 0 aromatic heterocycles. The van der Waals surface area contributed by atoms with Crippen molar-refractivity contribution in [3.8, 4) is 0 Å². The molecule has 2 rings (SSSR count). The fourth-order valence-electron chi connectivity index (χ4n) is 2.62. The lowest BCUT2D eigenvalue weighted by Gasteiger charge is -2.32. The Balaban J connectivity index is 1.64. The zero-order valence-corrected chi connectivity index (χ0v) is 12.2. The van der Waals surface area contributed by atoms with Crippen molar-refractivity contribution < 1.29 is 19.3 Å². The molecular formula is C16H24FNO3. The number of piperidine rings is 1.